The SMILES string of the molecule is CC(C)(C)[O-].CS(=O)(=O)c1ccc(Nc2cc(F)ccc2OCC(=O)O)c(Cl)c1.[Na+]. The Hall–Kier alpha value is -1.36. The van der Waals surface area contributed by atoms with Crippen LogP contribution in [0.25, 0.3) is 0 Å². The van der Waals surface area contributed by atoms with Gasteiger partial charge in [0.2, 0.25) is 0 Å². The second-order valence-corrected chi connectivity index (χ2v) is 9.40. The van der Waals surface area contributed by atoms with E-state index in [0.717, 1.165) is 18.4 Å². The fourth-order valence-electron chi connectivity index (χ4n) is 1.84. The predicted molar refractivity (Wildman–Crippen MR) is 107 cm³/mol. The second kappa shape index (κ2) is 11.9. The van der Waals surface area contributed by atoms with Crippen molar-refractivity contribution in [3.8, 4) is 5.75 Å². The smallest absolute Gasteiger partial charge is 0.850 e. The van der Waals surface area contributed by atoms with Gasteiger partial charge in [0.05, 0.1) is 21.3 Å². The summed E-state index contributed by atoms with van der Waals surface area (Å²) in [4.78, 5) is 10.6. The Bertz CT molecular complexity index is 973. The summed E-state index contributed by atoms with van der Waals surface area (Å²) in [6.07, 6.45) is 1.05. The largest absolute Gasteiger partial charge is 1.00 e. The van der Waals surface area contributed by atoms with Gasteiger partial charge in [-0.2, -0.15) is 0 Å². The molecule has 0 aliphatic carbocycles. The zero-order chi connectivity index (χ0) is 22.4. The molecule has 0 saturated heterocycles. The number of nitrogens with one attached hydrogen (secondary N) is 1. The molecule has 0 unspecified atom stereocenters. The van der Waals surface area contributed by atoms with Gasteiger partial charge in [-0.3, -0.25) is 0 Å². The van der Waals surface area contributed by atoms with Crippen LogP contribution < -0.4 is 44.7 Å². The van der Waals surface area contributed by atoms with E-state index in [-0.39, 0.29) is 50.9 Å². The summed E-state index contributed by atoms with van der Waals surface area (Å²) in [6.45, 7) is 4.30. The minimum absolute atomic E-state index is 0. The van der Waals surface area contributed by atoms with Gasteiger partial charge < -0.3 is 20.3 Å². The Kier molecular flexibility index (Phi) is 11.3. The van der Waals surface area contributed by atoms with Gasteiger partial charge in [-0.15, -0.1) is 5.60 Å². The monoisotopic (exact) mass is 469 g/mol. The van der Waals surface area contributed by atoms with E-state index in [1.807, 2.05) is 0 Å². The average Bonchev–Trinajstić information content (AvgIpc) is 2.53. The molecule has 0 radical (unpaired) electrons. The van der Waals surface area contributed by atoms with Crippen molar-refractivity contribution in [2.45, 2.75) is 31.3 Å². The third kappa shape index (κ3) is 11.1. The molecular weight excluding hydrogens is 448 g/mol. The molecule has 0 aliphatic rings. The number of hydrogen-bond acceptors (Lipinski definition) is 6. The molecule has 30 heavy (non-hydrogen) atoms. The molecule has 0 atom stereocenters. The number of aliphatic carboxylic acids is 1. The minimum atomic E-state index is -3.41. The van der Waals surface area contributed by atoms with Crippen LogP contribution >= 0.6 is 11.6 Å². The zero-order valence-corrected chi connectivity index (χ0v) is 20.9. The van der Waals surface area contributed by atoms with Gasteiger partial charge in [-0.25, -0.2) is 17.6 Å². The number of rotatable bonds is 6. The number of hydrogen-bond donors (Lipinski definition) is 2. The van der Waals surface area contributed by atoms with Crippen LogP contribution in [0.3, 0.4) is 0 Å². The van der Waals surface area contributed by atoms with E-state index in [9.17, 15) is 22.7 Å². The molecule has 0 aromatic heterocycles. The van der Waals surface area contributed by atoms with E-state index in [1.165, 1.54) is 24.3 Å². The Labute approximate surface area is 202 Å². The summed E-state index contributed by atoms with van der Waals surface area (Å²) in [5.74, 6) is -1.63. The van der Waals surface area contributed by atoms with E-state index >= 15 is 0 Å². The molecule has 2 aromatic rings. The van der Waals surface area contributed by atoms with Crippen molar-refractivity contribution in [2.75, 3.05) is 18.2 Å². The predicted octanol–water partition coefficient (Wildman–Crippen LogP) is 0.239. The molecule has 160 valence electrons. The first-order chi connectivity index (χ1) is 13.2. The van der Waals surface area contributed by atoms with Crippen LogP contribution in [-0.2, 0) is 14.6 Å². The molecule has 11 heteroatoms. The summed E-state index contributed by atoms with van der Waals surface area (Å²) < 4.78 is 41.5. The molecule has 0 fully saturated rings. The van der Waals surface area contributed by atoms with Crippen molar-refractivity contribution < 1.29 is 62.1 Å². The van der Waals surface area contributed by atoms with Crippen molar-refractivity contribution in [3.63, 3.8) is 0 Å². The minimum Gasteiger partial charge on any atom is -0.850 e. The first-order valence-electron chi connectivity index (χ1n) is 8.28. The Balaban J connectivity index is 0.00000125. The maximum atomic E-state index is 13.4. The second-order valence-electron chi connectivity index (χ2n) is 6.97. The summed E-state index contributed by atoms with van der Waals surface area (Å²) >= 11 is 6.05. The number of halogens is 2. The third-order valence-corrected chi connectivity index (χ3v) is 4.35. The molecule has 2 aromatic carbocycles. The standard InChI is InChI=1S/C15H13ClFNO5S.C4H9O.Na/c1-24(21,22)10-3-4-12(11(16)7-10)18-13-6-9(17)2-5-14(13)23-8-15(19)20;1-4(2,3)5;/h2-7,18H,8H2,1H3,(H,19,20);1-3H3;/q;-1;+1. The Morgan fingerprint density at radius 2 is 1.77 bits per heavy atom. The number of carbonyl (C=O) groups is 1. The van der Waals surface area contributed by atoms with Crippen LogP contribution in [0, 0.1) is 5.82 Å². The number of ether oxygens (including phenoxy) is 1. The number of anilines is 2. The van der Waals surface area contributed by atoms with E-state index in [1.54, 1.807) is 20.8 Å². The number of benzene rings is 2. The first-order valence-corrected chi connectivity index (χ1v) is 10.5. The molecule has 0 saturated carbocycles. The fraction of sp³-hybridized carbons (Fsp3) is 0.316. The number of sulfone groups is 1. The normalized spacial score (nSPS) is 10.9. The molecule has 0 spiro atoms. The molecule has 7 nitrogen and oxygen atoms in total. The summed E-state index contributed by atoms with van der Waals surface area (Å²) in [6, 6.07) is 7.54. The zero-order valence-electron chi connectivity index (χ0n) is 17.3. The van der Waals surface area contributed by atoms with E-state index in [0.29, 0.717) is 5.69 Å². The molecule has 0 aliphatic heterocycles. The van der Waals surface area contributed by atoms with E-state index < -0.39 is 33.8 Å². The van der Waals surface area contributed by atoms with Gasteiger partial charge in [0.15, 0.2) is 16.4 Å². The van der Waals surface area contributed by atoms with Crippen molar-refractivity contribution in [2.24, 2.45) is 0 Å². The Morgan fingerprint density at radius 1 is 1.20 bits per heavy atom. The molecular formula is C19H22ClFNNaO6S. The summed E-state index contributed by atoms with van der Waals surface area (Å²) in [7, 11) is -3.41. The van der Waals surface area contributed by atoms with E-state index in [2.05, 4.69) is 5.32 Å². The molecule has 2 N–H and O–H groups in total. The van der Waals surface area contributed by atoms with Gasteiger partial charge in [0, 0.05) is 12.3 Å². The molecule has 0 heterocycles. The van der Waals surface area contributed by atoms with Gasteiger partial charge in [0.1, 0.15) is 11.6 Å². The maximum absolute atomic E-state index is 13.4. The van der Waals surface area contributed by atoms with Crippen LogP contribution in [0.1, 0.15) is 20.8 Å². The van der Waals surface area contributed by atoms with Gasteiger partial charge in [-0.1, -0.05) is 32.4 Å². The van der Waals surface area contributed by atoms with Gasteiger partial charge in [0.25, 0.3) is 0 Å². The van der Waals surface area contributed by atoms with Crippen molar-refractivity contribution in [1.82, 2.24) is 0 Å². The van der Waals surface area contributed by atoms with Crippen LogP contribution in [0.15, 0.2) is 41.3 Å². The first kappa shape index (κ1) is 28.6. The maximum Gasteiger partial charge on any atom is 1.00 e. The summed E-state index contributed by atoms with van der Waals surface area (Å²) in [5.41, 5.74) is -0.278. The van der Waals surface area contributed by atoms with Crippen molar-refractivity contribution in [1.29, 1.82) is 0 Å². The van der Waals surface area contributed by atoms with Crippen molar-refractivity contribution in [3.05, 3.63) is 47.2 Å². The molecule has 0 amide bonds. The van der Waals surface area contributed by atoms with Gasteiger partial charge >= 0.3 is 35.5 Å². The van der Waals surface area contributed by atoms with Crippen molar-refractivity contribution >= 4 is 38.8 Å². The van der Waals surface area contributed by atoms with Crippen LogP contribution in [-0.4, -0.2) is 38.0 Å². The quantitative estimate of drug-likeness (QED) is 0.582. The number of carboxylic acid groups (broad SMARTS) is 1. The van der Waals surface area contributed by atoms with Crippen LogP contribution in [0.4, 0.5) is 15.8 Å². The van der Waals surface area contributed by atoms with E-state index in [4.69, 9.17) is 21.4 Å². The topological polar surface area (TPSA) is 116 Å². The molecule has 2 rings (SSSR count). The fourth-order valence-corrected chi connectivity index (χ4v) is 2.78. The average molecular weight is 470 g/mol. The molecule has 0 bridgehead atoms. The van der Waals surface area contributed by atoms with Crippen LogP contribution in [0.5, 0.6) is 5.75 Å². The third-order valence-electron chi connectivity index (χ3n) is 2.93. The van der Waals surface area contributed by atoms with Gasteiger partial charge in [-0.05, 0) is 30.3 Å². The van der Waals surface area contributed by atoms with Crippen LogP contribution in [0.2, 0.25) is 5.02 Å². The Morgan fingerprint density at radius 3 is 2.23 bits per heavy atom. The number of carboxylic acids is 1. The summed E-state index contributed by atoms with van der Waals surface area (Å²) in [5, 5.41) is 21.7.